The molecule has 0 saturated heterocycles. The molecule has 0 amide bonds. The molecule has 0 saturated carbocycles. The number of rotatable bonds is 1. The molecule has 0 radical (unpaired) electrons. The predicted molar refractivity (Wildman–Crippen MR) is 85.9 cm³/mol. The Hall–Kier alpha value is -2.03. The molecule has 3 aromatic rings. The first-order valence-electron chi connectivity index (χ1n) is 7.07. The van der Waals surface area contributed by atoms with Crippen LogP contribution in [0, 0.1) is 0 Å². The van der Waals surface area contributed by atoms with Gasteiger partial charge in [0.15, 0.2) is 0 Å². The van der Waals surface area contributed by atoms with Crippen LogP contribution in [0.3, 0.4) is 0 Å². The Balaban J connectivity index is 1.87. The second kappa shape index (κ2) is 5.06. The summed E-state index contributed by atoms with van der Waals surface area (Å²) >= 11 is 6.16. The Labute approximate surface area is 129 Å². The number of hydrogen-bond donors (Lipinski definition) is 1. The van der Waals surface area contributed by atoms with E-state index in [0.717, 1.165) is 11.6 Å². The van der Waals surface area contributed by atoms with E-state index in [1.165, 1.54) is 22.5 Å². The fourth-order valence-electron chi connectivity index (χ4n) is 3.04. The van der Waals surface area contributed by atoms with Crippen molar-refractivity contribution in [3.8, 4) is 5.69 Å². The molecule has 0 fully saturated rings. The van der Waals surface area contributed by atoms with E-state index in [0.29, 0.717) is 0 Å². The molecule has 3 heteroatoms. The smallest absolute Gasteiger partial charge is 0.0738 e. The van der Waals surface area contributed by atoms with Crippen molar-refractivity contribution >= 4 is 11.6 Å². The van der Waals surface area contributed by atoms with Gasteiger partial charge in [-0.3, -0.25) is 0 Å². The van der Waals surface area contributed by atoms with Gasteiger partial charge >= 0.3 is 0 Å². The maximum absolute atomic E-state index is 6.16. The Morgan fingerprint density at radius 3 is 2.81 bits per heavy atom. The molecule has 2 nitrogen and oxygen atoms in total. The summed E-state index contributed by atoms with van der Waals surface area (Å²) in [5, 5.41) is 4.42. The number of halogens is 1. The number of hydrogen-bond acceptors (Lipinski definition) is 1. The summed E-state index contributed by atoms with van der Waals surface area (Å²) in [6, 6.07) is 21.0. The molecule has 1 atom stereocenters. The Kier molecular flexibility index (Phi) is 3.06. The van der Waals surface area contributed by atoms with Gasteiger partial charge < -0.3 is 9.88 Å². The molecule has 1 aliphatic rings. The number of fused-ring (bicyclic) bond motifs is 3. The van der Waals surface area contributed by atoms with Crippen molar-refractivity contribution in [3.05, 3.63) is 88.7 Å². The highest BCUT2D eigenvalue weighted by Crippen LogP contribution is 2.31. The van der Waals surface area contributed by atoms with Gasteiger partial charge in [-0.05, 0) is 41.5 Å². The Bertz CT molecular complexity index is 791. The molecular formula is C18H15ClN2. The number of nitrogens with one attached hydrogen (secondary N) is 1. The van der Waals surface area contributed by atoms with E-state index in [2.05, 4.69) is 58.5 Å². The Morgan fingerprint density at radius 1 is 1.00 bits per heavy atom. The average Bonchev–Trinajstić information content (AvgIpc) is 2.92. The minimum atomic E-state index is 0.145. The normalized spacial score (nSPS) is 16.9. The zero-order chi connectivity index (χ0) is 14.2. The largest absolute Gasteiger partial charge is 0.319 e. The minimum absolute atomic E-state index is 0.145. The number of aromatic nitrogens is 1. The lowest BCUT2D eigenvalue weighted by Gasteiger charge is -2.18. The number of benzene rings is 2. The highest BCUT2D eigenvalue weighted by atomic mass is 35.5. The van der Waals surface area contributed by atoms with Crippen LogP contribution in [-0.2, 0) is 6.54 Å². The van der Waals surface area contributed by atoms with Gasteiger partial charge in [-0.15, -0.1) is 0 Å². The van der Waals surface area contributed by atoms with Crippen LogP contribution in [0.1, 0.15) is 22.9 Å². The molecule has 2 heterocycles. The van der Waals surface area contributed by atoms with Crippen LogP contribution in [0.5, 0.6) is 0 Å². The van der Waals surface area contributed by atoms with Crippen molar-refractivity contribution in [1.82, 2.24) is 9.88 Å². The third-order valence-corrected chi connectivity index (χ3v) is 4.24. The molecule has 0 bridgehead atoms. The summed E-state index contributed by atoms with van der Waals surface area (Å²) in [6.45, 7) is 0.842. The summed E-state index contributed by atoms with van der Waals surface area (Å²) in [5.41, 5.74) is 4.98. The van der Waals surface area contributed by atoms with Gasteiger partial charge in [0.1, 0.15) is 0 Å². The van der Waals surface area contributed by atoms with Crippen molar-refractivity contribution in [3.63, 3.8) is 0 Å². The van der Waals surface area contributed by atoms with E-state index >= 15 is 0 Å². The van der Waals surface area contributed by atoms with E-state index in [4.69, 9.17) is 11.6 Å². The lowest BCUT2D eigenvalue weighted by atomic mass is 10.0. The average molecular weight is 295 g/mol. The van der Waals surface area contributed by atoms with Crippen LogP contribution in [0.25, 0.3) is 5.69 Å². The molecule has 0 unspecified atom stereocenters. The van der Waals surface area contributed by atoms with E-state index < -0.39 is 0 Å². The first-order chi connectivity index (χ1) is 10.3. The van der Waals surface area contributed by atoms with Gasteiger partial charge in [-0.25, -0.2) is 0 Å². The van der Waals surface area contributed by atoms with Crippen LogP contribution >= 0.6 is 11.6 Å². The fourth-order valence-corrected chi connectivity index (χ4v) is 3.23. The molecule has 4 rings (SSSR count). The molecule has 0 spiro atoms. The van der Waals surface area contributed by atoms with Crippen molar-refractivity contribution in [2.45, 2.75) is 12.6 Å². The van der Waals surface area contributed by atoms with Crippen LogP contribution in [0.15, 0.2) is 66.9 Å². The summed E-state index contributed by atoms with van der Waals surface area (Å²) in [6.07, 6.45) is 2.12. The highest BCUT2D eigenvalue weighted by molar-refractivity contribution is 6.30. The van der Waals surface area contributed by atoms with Crippen molar-refractivity contribution in [1.29, 1.82) is 0 Å². The standard InChI is InChI=1S/C18H15ClN2/c19-15-7-3-6-13(11-15)18-17-9-4-10-21(17)16-8-2-1-5-14(16)12-20-18/h1-11,18,20H,12H2/t18-/m0/s1. The van der Waals surface area contributed by atoms with Gasteiger partial charge in [-0.2, -0.15) is 0 Å². The van der Waals surface area contributed by atoms with Crippen LogP contribution in [0.2, 0.25) is 5.02 Å². The SMILES string of the molecule is Clc1cccc([C@@H]2NCc3ccccc3-n3cccc32)c1. The van der Waals surface area contributed by atoms with Crippen molar-refractivity contribution in [2.75, 3.05) is 0 Å². The van der Waals surface area contributed by atoms with E-state index in [1.54, 1.807) is 0 Å². The van der Waals surface area contributed by atoms with E-state index in [9.17, 15) is 0 Å². The molecule has 1 aromatic heterocycles. The lowest BCUT2D eigenvalue weighted by Crippen LogP contribution is -2.21. The third kappa shape index (κ3) is 2.17. The number of para-hydroxylation sites is 1. The maximum Gasteiger partial charge on any atom is 0.0738 e. The second-order valence-electron chi connectivity index (χ2n) is 5.30. The van der Waals surface area contributed by atoms with E-state index in [1.807, 2.05) is 18.2 Å². The van der Waals surface area contributed by atoms with Crippen molar-refractivity contribution < 1.29 is 0 Å². The van der Waals surface area contributed by atoms with Gasteiger partial charge in [-0.1, -0.05) is 41.9 Å². The summed E-state index contributed by atoms with van der Waals surface area (Å²) < 4.78 is 2.26. The molecule has 0 aliphatic carbocycles. The van der Waals surface area contributed by atoms with Gasteiger partial charge in [0.2, 0.25) is 0 Å². The zero-order valence-corrected chi connectivity index (χ0v) is 12.2. The Morgan fingerprint density at radius 2 is 1.90 bits per heavy atom. The van der Waals surface area contributed by atoms with Gasteiger partial charge in [0.05, 0.1) is 6.04 Å². The molecule has 2 aromatic carbocycles. The van der Waals surface area contributed by atoms with Crippen molar-refractivity contribution in [2.24, 2.45) is 0 Å². The fraction of sp³-hybridized carbons (Fsp3) is 0.111. The molecule has 1 aliphatic heterocycles. The van der Waals surface area contributed by atoms with Crippen LogP contribution in [0.4, 0.5) is 0 Å². The zero-order valence-electron chi connectivity index (χ0n) is 11.5. The second-order valence-corrected chi connectivity index (χ2v) is 5.74. The summed E-state index contributed by atoms with van der Waals surface area (Å²) in [5.74, 6) is 0. The molecule has 21 heavy (non-hydrogen) atoms. The summed E-state index contributed by atoms with van der Waals surface area (Å²) in [7, 11) is 0. The van der Waals surface area contributed by atoms with Crippen LogP contribution in [-0.4, -0.2) is 4.57 Å². The highest BCUT2D eigenvalue weighted by Gasteiger charge is 2.22. The summed E-state index contributed by atoms with van der Waals surface area (Å²) in [4.78, 5) is 0. The predicted octanol–water partition coefficient (Wildman–Crippen LogP) is 4.32. The van der Waals surface area contributed by atoms with Crippen LogP contribution < -0.4 is 5.32 Å². The minimum Gasteiger partial charge on any atom is -0.319 e. The maximum atomic E-state index is 6.16. The lowest BCUT2D eigenvalue weighted by molar-refractivity contribution is 0.601. The molecule has 104 valence electrons. The van der Waals surface area contributed by atoms with E-state index in [-0.39, 0.29) is 6.04 Å². The third-order valence-electron chi connectivity index (χ3n) is 4.01. The van der Waals surface area contributed by atoms with Gasteiger partial charge in [0, 0.05) is 29.1 Å². The first-order valence-corrected chi connectivity index (χ1v) is 7.45. The molecular weight excluding hydrogens is 280 g/mol. The first kappa shape index (κ1) is 12.7. The van der Waals surface area contributed by atoms with Gasteiger partial charge in [0.25, 0.3) is 0 Å². The molecule has 1 N–H and O–H groups in total. The monoisotopic (exact) mass is 294 g/mol. The number of nitrogens with zero attached hydrogens (tertiary/aromatic N) is 1. The quantitative estimate of drug-likeness (QED) is 0.707. The topological polar surface area (TPSA) is 17.0 Å².